The van der Waals surface area contributed by atoms with Gasteiger partial charge in [-0.2, -0.15) is 0 Å². The summed E-state index contributed by atoms with van der Waals surface area (Å²) in [4.78, 5) is 16.2. The van der Waals surface area contributed by atoms with Crippen LogP contribution < -0.4 is 9.64 Å². The lowest BCUT2D eigenvalue weighted by atomic mass is 9.84. The van der Waals surface area contributed by atoms with Crippen LogP contribution in [0, 0.1) is 5.82 Å². The Hall–Kier alpha value is -2.64. The van der Waals surface area contributed by atoms with Crippen LogP contribution in [-0.2, 0) is 10.3 Å². The molecule has 0 aliphatic carbocycles. The Balaban J connectivity index is 1.26. The summed E-state index contributed by atoms with van der Waals surface area (Å²) in [5, 5.41) is 10.9. The Morgan fingerprint density at radius 1 is 1.13 bits per heavy atom. The average Bonchev–Trinajstić information content (AvgIpc) is 3.14. The third-order valence-corrected chi connectivity index (χ3v) is 6.09. The highest BCUT2D eigenvalue weighted by Crippen LogP contribution is 2.33. The number of halogens is 1. The molecule has 1 amide bonds. The van der Waals surface area contributed by atoms with Gasteiger partial charge in [0.15, 0.2) is 0 Å². The van der Waals surface area contributed by atoms with Gasteiger partial charge < -0.3 is 19.5 Å². The molecule has 2 fully saturated rings. The highest BCUT2D eigenvalue weighted by atomic mass is 19.1. The molecule has 2 aromatic rings. The molecule has 7 heteroatoms. The van der Waals surface area contributed by atoms with Crippen molar-refractivity contribution in [3.8, 4) is 5.75 Å². The fourth-order valence-corrected chi connectivity index (χ4v) is 4.17. The molecule has 160 valence electrons. The van der Waals surface area contributed by atoms with Gasteiger partial charge in [0.1, 0.15) is 17.7 Å². The lowest BCUT2D eigenvalue weighted by Gasteiger charge is -2.38. The molecule has 6 nitrogen and oxygen atoms in total. The molecule has 0 bridgehead atoms. The minimum absolute atomic E-state index is 0.155. The maximum atomic E-state index is 13.2. The van der Waals surface area contributed by atoms with E-state index >= 15 is 0 Å². The molecule has 4 rings (SSSR count). The van der Waals surface area contributed by atoms with Crippen molar-refractivity contribution >= 4 is 11.8 Å². The Labute approximate surface area is 175 Å². The van der Waals surface area contributed by atoms with E-state index in [1.54, 1.807) is 24.1 Å². The van der Waals surface area contributed by atoms with E-state index in [9.17, 15) is 14.3 Å². The third kappa shape index (κ3) is 4.42. The van der Waals surface area contributed by atoms with Gasteiger partial charge in [-0.05, 0) is 61.2 Å². The summed E-state index contributed by atoms with van der Waals surface area (Å²) in [5.74, 6) is 0.447. The van der Waals surface area contributed by atoms with E-state index in [4.69, 9.17) is 9.47 Å². The number of likely N-dealkylation sites (tertiary alicyclic amines) is 1. The first-order chi connectivity index (χ1) is 14.5. The van der Waals surface area contributed by atoms with E-state index < -0.39 is 5.60 Å². The van der Waals surface area contributed by atoms with Crippen molar-refractivity contribution in [1.29, 1.82) is 0 Å². The number of aliphatic hydroxyl groups is 1. The van der Waals surface area contributed by atoms with E-state index in [1.165, 1.54) is 12.1 Å². The molecule has 2 aromatic carbocycles. The normalized spacial score (nSPS) is 21.5. The quantitative estimate of drug-likeness (QED) is 0.784. The zero-order valence-corrected chi connectivity index (χ0v) is 17.1. The highest BCUT2D eigenvalue weighted by molar-refractivity contribution is 5.89. The van der Waals surface area contributed by atoms with Gasteiger partial charge in [0.05, 0.1) is 19.3 Å². The summed E-state index contributed by atoms with van der Waals surface area (Å²) in [6, 6.07) is 13.5. The number of piperidine rings is 1. The predicted molar refractivity (Wildman–Crippen MR) is 111 cm³/mol. The van der Waals surface area contributed by atoms with Crippen molar-refractivity contribution in [2.24, 2.45) is 0 Å². The van der Waals surface area contributed by atoms with Crippen LogP contribution in [-0.4, -0.2) is 55.5 Å². The number of amides is 1. The maximum absolute atomic E-state index is 13.2. The molecule has 2 aliphatic rings. The smallest absolute Gasteiger partial charge is 0.414 e. The molecule has 30 heavy (non-hydrogen) atoms. The second kappa shape index (κ2) is 8.62. The van der Waals surface area contributed by atoms with Gasteiger partial charge in [-0.15, -0.1) is 0 Å². The van der Waals surface area contributed by atoms with Crippen molar-refractivity contribution in [3.63, 3.8) is 0 Å². The largest absolute Gasteiger partial charge is 0.497 e. The van der Waals surface area contributed by atoms with Crippen LogP contribution in [0.15, 0.2) is 48.5 Å². The highest BCUT2D eigenvalue weighted by Gasteiger charge is 2.36. The van der Waals surface area contributed by atoms with Crippen molar-refractivity contribution < 1.29 is 23.8 Å². The second-order valence-electron chi connectivity index (χ2n) is 7.98. The van der Waals surface area contributed by atoms with Crippen LogP contribution in [0.4, 0.5) is 14.9 Å². The molecule has 1 N–H and O–H groups in total. The molecule has 2 heterocycles. The SMILES string of the molecule is COc1ccc(N2CC(CCN3CCC(O)(c4ccc(F)cc4)CC3)OC2=O)cc1. The number of carbonyl (C=O) groups is 1. The Morgan fingerprint density at radius 2 is 1.80 bits per heavy atom. The number of methoxy groups -OCH3 is 1. The fraction of sp³-hybridized carbons (Fsp3) is 0.435. The Morgan fingerprint density at radius 3 is 2.43 bits per heavy atom. The number of hydrogen-bond donors (Lipinski definition) is 1. The molecule has 0 radical (unpaired) electrons. The summed E-state index contributed by atoms with van der Waals surface area (Å²) in [6.45, 7) is 2.82. The number of benzene rings is 2. The van der Waals surface area contributed by atoms with Gasteiger partial charge in [-0.3, -0.25) is 4.90 Å². The molecule has 0 spiro atoms. The van der Waals surface area contributed by atoms with Gasteiger partial charge in [-0.25, -0.2) is 9.18 Å². The van der Waals surface area contributed by atoms with Crippen molar-refractivity contribution in [2.45, 2.75) is 31.0 Å². The first-order valence-electron chi connectivity index (χ1n) is 10.3. The standard InChI is InChI=1S/C23H27FN2O4/c1-29-20-8-6-19(7-9-20)26-16-21(30-22(26)27)10-13-25-14-11-23(28,12-15-25)17-2-4-18(24)5-3-17/h2-9,21,28H,10-16H2,1H3. The lowest BCUT2D eigenvalue weighted by Crippen LogP contribution is -2.43. The van der Waals surface area contributed by atoms with Crippen LogP contribution in [0.2, 0.25) is 0 Å². The Kier molecular flexibility index (Phi) is 5.92. The maximum Gasteiger partial charge on any atom is 0.414 e. The van der Waals surface area contributed by atoms with Crippen LogP contribution >= 0.6 is 0 Å². The number of nitrogens with zero attached hydrogens (tertiary/aromatic N) is 2. The van der Waals surface area contributed by atoms with Gasteiger partial charge >= 0.3 is 6.09 Å². The van der Waals surface area contributed by atoms with E-state index in [1.807, 2.05) is 24.3 Å². The van der Waals surface area contributed by atoms with Crippen LogP contribution in [0.25, 0.3) is 0 Å². The minimum Gasteiger partial charge on any atom is -0.497 e. The van der Waals surface area contributed by atoms with Crippen molar-refractivity contribution in [2.75, 3.05) is 38.2 Å². The molecule has 1 unspecified atom stereocenters. The third-order valence-electron chi connectivity index (χ3n) is 6.09. The number of ether oxygens (including phenoxy) is 2. The van der Waals surface area contributed by atoms with E-state index in [-0.39, 0.29) is 18.0 Å². The molecular weight excluding hydrogens is 387 g/mol. The summed E-state index contributed by atoms with van der Waals surface area (Å²) in [7, 11) is 1.61. The molecule has 2 saturated heterocycles. The summed E-state index contributed by atoms with van der Waals surface area (Å²) in [5.41, 5.74) is 0.656. The second-order valence-corrected chi connectivity index (χ2v) is 7.98. The fourth-order valence-electron chi connectivity index (χ4n) is 4.17. The van der Waals surface area contributed by atoms with Crippen LogP contribution in [0.1, 0.15) is 24.8 Å². The van der Waals surface area contributed by atoms with Crippen molar-refractivity contribution in [1.82, 2.24) is 4.90 Å². The van der Waals surface area contributed by atoms with Crippen LogP contribution in [0.5, 0.6) is 5.75 Å². The van der Waals surface area contributed by atoms with E-state index in [2.05, 4.69) is 4.90 Å². The first-order valence-corrected chi connectivity index (χ1v) is 10.3. The van der Waals surface area contributed by atoms with Gasteiger partial charge in [-0.1, -0.05) is 12.1 Å². The zero-order valence-electron chi connectivity index (χ0n) is 17.1. The van der Waals surface area contributed by atoms with E-state index in [0.29, 0.717) is 19.4 Å². The number of cyclic esters (lactones) is 1. The Bertz CT molecular complexity index is 864. The van der Waals surface area contributed by atoms with Gasteiger partial charge in [0.2, 0.25) is 0 Å². The number of anilines is 1. The van der Waals surface area contributed by atoms with Gasteiger partial charge in [0.25, 0.3) is 0 Å². The molecule has 2 aliphatic heterocycles. The van der Waals surface area contributed by atoms with Gasteiger partial charge in [0, 0.05) is 25.3 Å². The van der Waals surface area contributed by atoms with Crippen molar-refractivity contribution in [3.05, 3.63) is 59.9 Å². The monoisotopic (exact) mass is 414 g/mol. The summed E-state index contributed by atoms with van der Waals surface area (Å²) < 4.78 is 23.9. The summed E-state index contributed by atoms with van der Waals surface area (Å²) >= 11 is 0. The zero-order chi connectivity index (χ0) is 21.1. The van der Waals surface area contributed by atoms with Crippen LogP contribution in [0.3, 0.4) is 0 Å². The number of hydrogen-bond acceptors (Lipinski definition) is 5. The molecular formula is C23H27FN2O4. The first kappa shape index (κ1) is 20.6. The summed E-state index contributed by atoms with van der Waals surface area (Å²) in [6.07, 6.45) is 1.46. The van der Waals surface area contributed by atoms with E-state index in [0.717, 1.165) is 43.1 Å². The lowest BCUT2D eigenvalue weighted by molar-refractivity contribution is -0.0276. The topological polar surface area (TPSA) is 62.2 Å². The number of carbonyl (C=O) groups excluding carboxylic acids is 1. The average molecular weight is 414 g/mol. The predicted octanol–water partition coefficient (Wildman–Crippen LogP) is 3.53. The molecule has 0 saturated carbocycles. The minimum atomic E-state index is -0.908. The molecule has 0 aromatic heterocycles. The molecule has 1 atom stereocenters. The number of rotatable bonds is 6.